The molecule has 0 radical (unpaired) electrons. The summed E-state index contributed by atoms with van der Waals surface area (Å²) in [4.78, 5) is 10.6. The number of rotatable bonds is 4. The fourth-order valence-corrected chi connectivity index (χ4v) is 2.78. The Balaban J connectivity index is 1.92. The standard InChI is InChI=1S/C13H9ClN4O2S/c14-9-5-6-10-13(17-21-16-10)12(9)15-7-8-3-1-2-4-11(8)18(19)20/h1-6,15H,7H2. The summed E-state index contributed by atoms with van der Waals surface area (Å²) in [6.07, 6.45) is 0. The van der Waals surface area contributed by atoms with Gasteiger partial charge in [-0.3, -0.25) is 10.1 Å². The lowest BCUT2D eigenvalue weighted by molar-refractivity contribution is -0.385. The van der Waals surface area contributed by atoms with E-state index in [1.54, 1.807) is 30.3 Å². The average Bonchev–Trinajstić information content (AvgIpc) is 2.95. The molecule has 21 heavy (non-hydrogen) atoms. The van der Waals surface area contributed by atoms with Gasteiger partial charge in [-0.1, -0.05) is 29.8 Å². The molecule has 1 aromatic heterocycles. The zero-order valence-corrected chi connectivity index (χ0v) is 12.2. The molecule has 3 aromatic rings. The number of nitro benzene ring substituents is 1. The van der Waals surface area contributed by atoms with Gasteiger partial charge in [-0.2, -0.15) is 8.75 Å². The van der Waals surface area contributed by atoms with Gasteiger partial charge >= 0.3 is 0 Å². The molecule has 6 nitrogen and oxygen atoms in total. The van der Waals surface area contributed by atoms with Gasteiger partial charge in [0.1, 0.15) is 11.0 Å². The molecule has 0 aliphatic heterocycles. The number of nitro groups is 1. The molecule has 0 aliphatic rings. The van der Waals surface area contributed by atoms with Crippen LogP contribution in [0.25, 0.3) is 11.0 Å². The molecule has 0 amide bonds. The van der Waals surface area contributed by atoms with E-state index in [1.165, 1.54) is 6.07 Å². The number of hydrogen-bond acceptors (Lipinski definition) is 6. The van der Waals surface area contributed by atoms with Crippen LogP contribution >= 0.6 is 23.3 Å². The van der Waals surface area contributed by atoms with E-state index in [9.17, 15) is 10.1 Å². The van der Waals surface area contributed by atoms with Crippen LogP contribution < -0.4 is 5.32 Å². The smallest absolute Gasteiger partial charge is 0.274 e. The maximum Gasteiger partial charge on any atom is 0.274 e. The van der Waals surface area contributed by atoms with Crippen LogP contribution in [0.1, 0.15) is 5.56 Å². The molecule has 8 heteroatoms. The van der Waals surface area contributed by atoms with Crippen molar-refractivity contribution in [2.45, 2.75) is 6.54 Å². The highest BCUT2D eigenvalue weighted by Gasteiger charge is 2.14. The number of para-hydroxylation sites is 1. The second kappa shape index (κ2) is 5.63. The Morgan fingerprint density at radius 1 is 1.24 bits per heavy atom. The van der Waals surface area contributed by atoms with Gasteiger partial charge in [0.15, 0.2) is 0 Å². The first-order valence-corrected chi connectivity index (χ1v) is 7.14. The number of anilines is 1. The minimum atomic E-state index is -0.399. The Kier molecular flexibility index (Phi) is 3.68. The van der Waals surface area contributed by atoms with E-state index in [4.69, 9.17) is 11.6 Å². The third-order valence-corrected chi connectivity index (χ3v) is 3.88. The number of hydrogen-bond donors (Lipinski definition) is 1. The van der Waals surface area contributed by atoms with E-state index >= 15 is 0 Å². The normalized spacial score (nSPS) is 10.7. The summed E-state index contributed by atoms with van der Waals surface area (Å²) in [5.74, 6) is 0. The van der Waals surface area contributed by atoms with Crippen LogP contribution in [0.3, 0.4) is 0 Å². The third-order valence-electron chi connectivity index (χ3n) is 3.02. The van der Waals surface area contributed by atoms with E-state index < -0.39 is 4.92 Å². The van der Waals surface area contributed by atoms with Crippen molar-refractivity contribution in [3.05, 3.63) is 57.1 Å². The molecule has 0 saturated carbocycles. The summed E-state index contributed by atoms with van der Waals surface area (Å²) in [5.41, 5.74) is 2.71. The van der Waals surface area contributed by atoms with E-state index in [0.29, 0.717) is 21.8 Å². The van der Waals surface area contributed by atoms with Gasteiger partial charge in [-0.05, 0) is 12.1 Å². The zero-order valence-electron chi connectivity index (χ0n) is 10.6. The maximum atomic E-state index is 11.0. The lowest BCUT2D eigenvalue weighted by Crippen LogP contribution is -2.04. The minimum Gasteiger partial charge on any atom is -0.378 e. The Bertz CT molecular complexity index is 821. The number of halogens is 1. The van der Waals surface area contributed by atoms with Gasteiger partial charge in [-0.15, -0.1) is 0 Å². The minimum absolute atomic E-state index is 0.0738. The molecule has 0 atom stereocenters. The monoisotopic (exact) mass is 320 g/mol. The fourth-order valence-electron chi connectivity index (χ4n) is 2.02. The quantitative estimate of drug-likeness (QED) is 0.583. The Hall–Kier alpha value is -2.25. The van der Waals surface area contributed by atoms with Crippen molar-refractivity contribution in [1.29, 1.82) is 0 Å². The van der Waals surface area contributed by atoms with Gasteiger partial charge in [0.05, 0.1) is 27.4 Å². The summed E-state index contributed by atoms with van der Waals surface area (Å²) in [6.45, 7) is 0.285. The van der Waals surface area contributed by atoms with Crippen LogP contribution in [0.4, 0.5) is 11.4 Å². The summed E-state index contributed by atoms with van der Waals surface area (Å²) in [5, 5.41) is 14.6. The lowest BCUT2D eigenvalue weighted by atomic mass is 10.1. The van der Waals surface area contributed by atoms with Gasteiger partial charge in [0, 0.05) is 18.2 Å². The van der Waals surface area contributed by atoms with Crippen molar-refractivity contribution < 1.29 is 4.92 Å². The Labute approximate surface area is 128 Å². The molecular formula is C13H9ClN4O2S. The predicted octanol–water partition coefficient (Wildman–Crippen LogP) is 3.87. The van der Waals surface area contributed by atoms with E-state index in [0.717, 1.165) is 17.2 Å². The van der Waals surface area contributed by atoms with Gasteiger partial charge in [-0.25, -0.2) is 0 Å². The van der Waals surface area contributed by atoms with Crippen molar-refractivity contribution in [3.8, 4) is 0 Å². The summed E-state index contributed by atoms with van der Waals surface area (Å²) in [7, 11) is 0. The highest BCUT2D eigenvalue weighted by atomic mass is 35.5. The Morgan fingerprint density at radius 3 is 2.86 bits per heavy atom. The topological polar surface area (TPSA) is 81.0 Å². The first kappa shape index (κ1) is 13.7. The first-order chi connectivity index (χ1) is 10.2. The average molecular weight is 321 g/mol. The van der Waals surface area contributed by atoms with E-state index in [1.807, 2.05) is 0 Å². The lowest BCUT2D eigenvalue weighted by Gasteiger charge is -2.09. The fraction of sp³-hybridized carbons (Fsp3) is 0.0769. The van der Waals surface area contributed by atoms with Crippen LogP contribution in [0.2, 0.25) is 5.02 Å². The van der Waals surface area contributed by atoms with Crippen molar-refractivity contribution in [2.75, 3.05) is 5.32 Å². The molecule has 1 N–H and O–H groups in total. The third kappa shape index (κ3) is 2.65. The molecule has 0 aliphatic carbocycles. The molecule has 0 unspecified atom stereocenters. The summed E-state index contributed by atoms with van der Waals surface area (Å²) < 4.78 is 8.34. The molecular weight excluding hydrogens is 312 g/mol. The van der Waals surface area contributed by atoms with E-state index in [-0.39, 0.29) is 12.2 Å². The maximum absolute atomic E-state index is 11.0. The summed E-state index contributed by atoms with van der Waals surface area (Å²) in [6, 6.07) is 10.1. The number of aromatic nitrogens is 2. The number of nitrogens with zero attached hydrogens (tertiary/aromatic N) is 3. The summed E-state index contributed by atoms with van der Waals surface area (Å²) >= 11 is 7.27. The molecule has 3 rings (SSSR count). The predicted molar refractivity (Wildman–Crippen MR) is 82.8 cm³/mol. The van der Waals surface area contributed by atoms with Crippen LogP contribution in [0.5, 0.6) is 0 Å². The molecule has 0 saturated heterocycles. The van der Waals surface area contributed by atoms with Crippen LogP contribution in [0.15, 0.2) is 36.4 Å². The van der Waals surface area contributed by atoms with Crippen molar-refractivity contribution in [2.24, 2.45) is 0 Å². The number of benzene rings is 2. The molecule has 106 valence electrons. The zero-order chi connectivity index (χ0) is 14.8. The number of fused-ring (bicyclic) bond motifs is 1. The van der Waals surface area contributed by atoms with Crippen LogP contribution in [-0.2, 0) is 6.54 Å². The number of nitrogens with one attached hydrogen (secondary N) is 1. The van der Waals surface area contributed by atoms with Crippen molar-refractivity contribution in [1.82, 2.24) is 8.75 Å². The van der Waals surface area contributed by atoms with Crippen LogP contribution in [-0.4, -0.2) is 13.7 Å². The van der Waals surface area contributed by atoms with Gasteiger partial charge < -0.3 is 5.32 Å². The van der Waals surface area contributed by atoms with E-state index in [2.05, 4.69) is 14.1 Å². The SMILES string of the molecule is O=[N+]([O-])c1ccccc1CNc1c(Cl)ccc2nsnc12. The molecule has 0 spiro atoms. The largest absolute Gasteiger partial charge is 0.378 e. The highest BCUT2D eigenvalue weighted by Crippen LogP contribution is 2.31. The first-order valence-electron chi connectivity index (χ1n) is 6.04. The Morgan fingerprint density at radius 2 is 2.05 bits per heavy atom. The molecule has 0 fully saturated rings. The molecule has 1 heterocycles. The molecule has 2 aromatic carbocycles. The molecule has 0 bridgehead atoms. The second-order valence-electron chi connectivity index (χ2n) is 4.29. The second-order valence-corrected chi connectivity index (χ2v) is 5.23. The van der Waals surface area contributed by atoms with Gasteiger partial charge in [0.2, 0.25) is 0 Å². The van der Waals surface area contributed by atoms with Crippen LogP contribution in [0, 0.1) is 10.1 Å². The van der Waals surface area contributed by atoms with Crippen molar-refractivity contribution in [3.63, 3.8) is 0 Å². The van der Waals surface area contributed by atoms with Gasteiger partial charge in [0.25, 0.3) is 5.69 Å². The van der Waals surface area contributed by atoms with Crippen molar-refractivity contribution >= 4 is 45.7 Å². The highest BCUT2D eigenvalue weighted by molar-refractivity contribution is 7.00.